The quantitative estimate of drug-likeness (QED) is 0.709. The number of hydrogen-bond acceptors (Lipinski definition) is 6. The molecule has 0 saturated carbocycles. The van der Waals surface area contributed by atoms with Crippen molar-refractivity contribution in [1.29, 1.82) is 0 Å². The molecule has 28 heavy (non-hydrogen) atoms. The fourth-order valence-corrected chi connectivity index (χ4v) is 2.38. The molecule has 0 amide bonds. The van der Waals surface area contributed by atoms with E-state index < -0.39 is 18.1 Å². The zero-order valence-corrected chi connectivity index (χ0v) is 14.3. The van der Waals surface area contributed by atoms with Gasteiger partial charge in [0.1, 0.15) is 5.75 Å². The lowest BCUT2D eigenvalue weighted by atomic mass is 9.92. The Morgan fingerprint density at radius 3 is 2.21 bits per heavy atom. The van der Waals surface area contributed by atoms with E-state index in [1.165, 1.54) is 5.56 Å². The smallest absolute Gasteiger partial charge is 0.476 e. The molecule has 9 nitrogen and oxygen atoms in total. The molecule has 12 heteroatoms. The molecule has 3 N–H and O–H groups in total. The van der Waals surface area contributed by atoms with Gasteiger partial charge in [0.15, 0.2) is 0 Å². The predicted octanol–water partition coefficient (Wildman–Crippen LogP) is 2.82. The molecule has 0 atom stereocenters. The Balaban J connectivity index is 0.000000345. The van der Waals surface area contributed by atoms with Gasteiger partial charge in [-0.3, -0.25) is 0 Å². The number of aromatic amines is 1. The van der Waals surface area contributed by atoms with E-state index in [2.05, 4.69) is 15.4 Å². The summed E-state index contributed by atoms with van der Waals surface area (Å²) in [5.41, 5.74) is 1.08. The molecule has 0 aliphatic carbocycles. The number of carboxylic acid groups (broad SMARTS) is 2. The number of rotatable bonds is 4. The Morgan fingerprint density at radius 2 is 1.71 bits per heavy atom. The third-order valence-electron chi connectivity index (χ3n) is 3.76. The molecule has 0 bridgehead atoms. The van der Waals surface area contributed by atoms with Gasteiger partial charge in [-0.05, 0) is 36.5 Å². The average molecular weight is 403 g/mol. The lowest BCUT2D eigenvalue weighted by molar-refractivity contribution is -0.192. The minimum Gasteiger partial charge on any atom is -0.476 e. The number of nitrogens with one attached hydrogen (secondary N) is 1. The first kappa shape index (κ1) is 21.2. The van der Waals surface area contributed by atoms with Gasteiger partial charge in [0, 0.05) is 13.2 Å². The molecule has 3 rings (SSSR count). The molecule has 1 aromatic carbocycles. The predicted molar refractivity (Wildman–Crippen MR) is 86.3 cm³/mol. The van der Waals surface area contributed by atoms with E-state index in [-0.39, 0.29) is 11.6 Å². The van der Waals surface area contributed by atoms with Gasteiger partial charge >= 0.3 is 18.1 Å². The SMILES string of the molecule is O=C(O)C(F)(F)F.O=C(O)c1[nH]nnc1Oc1ccc(C2CCOCC2)cc1. The van der Waals surface area contributed by atoms with Gasteiger partial charge in [-0.15, -0.1) is 0 Å². The molecule has 1 aliphatic heterocycles. The van der Waals surface area contributed by atoms with Gasteiger partial charge < -0.3 is 19.7 Å². The van der Waals surface area contributed by atoms with E-state index in [4.69, 9.17) is 24.5 Å². The Kier molecular flexibility index (Phi) is 6.93. The van der Waals surface area contributed by atoms with Gasteiger partial charge in [0.2, 0.25) is 5.69 Å². The van der Waals surface area contributed by atoms with Crippen LogP contribution >= 0.6 is 0 Å². The van der Waals surface area contributed by atoms with Crippen molar-refractivity contribution in [2.45, 2.75) is 24.9 Å². The largest absolute Gasteiger partial charge is 0.490 e. The van der Waals surface area contributed by atoms with Gasteiger partial charge in [-0.2, -0.15) is 13.2 Å². The molecule has 0 spiro atoms. The van der Waals surface area contributed by atoms with Crippen molar-refractivity contribution in [3.63, 3.8) is 0 Å². The molecule has 1 aromatic heterocycles. The first-order valence-electron chi connectivity index (χ1n) is 7.98. The Bertz CT molecular complexity index is 801. The normalized spacial score (nSPS) is 14.7. The molecule has 2 heterocycles. The number of carboxylic acids is 2. The maximum absolute atomic E-state index is 10.9. The third kappa shape index (κ3) is 5.94. The van der Waals surface area contributed by atoms with Crippen LogP contribution in [0, 0.1) is 0 Å². The molecular weight excluding hydrogens is 387 g/mol. The summed E-state index contributed by atoms with van der Waals surface area (Å²) in [5, 5.41) is 25.4. The molecule has 1 fully saturated rings. The summed E-state index contributed by atoms with van der Waals surface area (Å²) in [6.07, 6.45) is -3.04. The van der Waals surface area contributed by atoms with Crippen molar-refractivity contribution >= 4 is 11.9 Å². The summed E-state index contributed by atoms with van der Waals surface area (Å²) in [6, 6.07) is 7.61. The van der Waals surface area contributed by atoms with Crippen molar-refractivity contribution in [2.75, 3.05) is 13.2 Å². The van der Waals surface area contributed by atoms with E-state index >= 15 is 0 Å². The molecule has 0 unspecified atom stereocenters. The summed E-state index contributed by atoms with van der Waals surface area (Å²) >= 11 is 0. The third-order valence-corrected chi connectivity index (χ3v) is 3.76. The number of nitrogens with zero attached hydrogens (tertiary/aromatic N) is 2. The number of aromatic carboxylic acids is 1. The highest BCUT2D eigenvalue weighted by molar-refractivity contribution is 5.87. The zero-order valence-electron chi connectivity index (χ0n) is 14.3. The van der Waals surface area contributed by atoms with Crippen LogP contribution in [0.5, 0.6) is 11.6 Å². The number of hydrogen-bond donors (Lipinski definition) is 3. The fraction of sp³-hybridized carbons (Fsp3) is 0.375. The van der Waals surface area contributed by atoms with Crippen molar-refractivity contribution in [1.82, 2.24) is 15.4 Å². The van der Waals surface area contributed by atoms with Crippen LogP contribution in [0.1, 0.15) is 34.8 Å². The highest BCUT2D eigenvalue weighted by atomic mass is 19.4. The second-order valence-electron chi connectivity index (χ2n) is 5.66. The maximum Gasteiger partial charge on any atom is 0.490 e. The minimum atomic E-state index is -5.08. The minimum absolute atomic E-state index is 0.0404. The fourth-order valence-electron chi connectivity index (χ4n) is 2.38. The van der Waals surface area contributed by atoms with Crippen molar-refractivity contribution in [2.24, 2.45) is 0 Å². The zero-order chi connectivity index (χ0) is 20.7. The second kappa shape index (κ2) is 9.17. The number of aromatic nitrogens is 3. The first-order chi connectivity index (χ1) is 13.2. The summed E-state index contributed by atoms with van der Waals surface area (Å²) in [6.45, 7) is 1.59. The van der Waals surface area contributed by atoms with Crippen LogP contribution in [0.15, 0.2) is 24.3 Å². The summed E-state index contributed by atoms with van der Waals surface area (Å²) in [5.74, 6) is -2.92. The van der Waals surface area contributed by atoms with E-state index in [1.807, 2.05) is 24.3 Å². The Labute approximate surface area is 156 Å². The summed E-state index contributed by atoms with van der Waals surface area (Å²) < 4.78 is 42.5. The maximum atomic E-state index is 10.9. The number of aliphatic carboxylic acids is 1. The number of H-pyrrole nitrogens is 1. The lowest BCUT2D eigenvalue weighted by Crippen LogP contribution is -2.21. The van der Waals surface area contributed by atoms with Gasteiger partial charge in [-0.1, -0.05) is 22.4 Å². The Morgan fingerprint density at radius 1 is 1.14 bits per heavy atom. The van der Waals surface area contributed by atoms with Crippen LogP contribution in [-0.4, -0.2) is 57.0 Å². The van der Waals surface area contributed by atoms with E-state index in [1.54, 1.807) is 0 Å². The van der Waals surface area contributed by atoms with Gasteiger partial charge in [-0.25, -0.2) is 14.7 Å². The van der Waals surface area contributed by atoms with E-state index in [0.717, 1.165) is 26.1 Å². The number of benzene rings is 1. The average Bonchev–Trinajstić information content (AvgIpc) is 3.11. The number of carbonyl (C=O) groups is 2. The molecule has 152 valence electrons. The molecular formula is C16H16F3N3O6. The van der Waals surface area contributed by atoms with Crippen LogP contribution in [0.4, 0.5) is 13.2 Å². The Hall–Kier alpha value is -3.15. The highest BCUT2D eigenvalue weighted by Crippen LogP contribution is 2.29. The molecule has 1 saturated heterocycles. The summed E-state index contributed by atoms with van der Waals surface area (Å²) in [4.78, 5) is 19.8. The van der Waals surface area contributed by atoms with Crippen LogP contribution in [0.3, 0.4) is 0 Å². The van der Waals surface area contributed by atoms with Crippen molar-refractivity contribution < 1.29 is 42.4 Å². The number of ether oxygens (including phenoxy) is 2. The first-order valence-corrected chi connectivity index (χ1v) is 7.98. The second-order valence-corrected chi connectivity index (χ2v) is 5.66. The number of alkyl halides is 3. The van der Waals surface area contributed by atoms with Crippen LogP contribution in [-0.2, 0) is 9.53 Å². The standard InChI is InChI=1S/C14H15N3O4.C2HF3O2/c18-14(19)12-13(16-17-15-12)21-11-3-1-9(2-4-11)10-5-7-20-8-6-10;3-2(4,5)1(6)7/h1-4,10H,5-8H2,(H,18,19)(H,15,16,17);(H,6,7). The van der Waals surface area contributed by atoms with Crippen LogP contribution in [0.25, 0.3) is 0 Å². The van der Waals surface area contributed by atoms with Crippen LogP contribution in [0.2, 0.25) is 0 Å². The molecule has 2 aromatic rings. The van der Waals surface area contributed by atoms with E-state index in [9.17, 15) is 18.0 Å². The molecule has 1 aliphatic rings. The number of halogens is 3. The van der Waals surface area contributed by atoms with Crippen LogP contribution < -0.4 is 4.74 Å². The molecule has 0 radical (unpaired) electrons. The monoisotopic (exact) mass is 403 g/mol. The lowest BCUT2D eigenvalue weighted by Gasteiger charge is -2.22. The van der Waals surface area contributed by atoms with E-state index in [0.29, 0.717) is 11.7 Å². The van der Waals surface area contributed by atoms with Crippen molar-refractivity contribution in [3.8, 4) is 11.6 Å². The highest BCUT2D eigenvalue weighted by Gasteiger charge is 2.38. The van der Waals surface area contributed by atoms with Gasteiger partial charge in [0.05, 0.1) is 0 Å². The van der Waals surface area contributed by atoms with Gasteiger partial charge in [0.25, 0.3) is 5.88 Å². The van der Waals surface area contributed by atoms with Crippen molar-refractivity contribution in [3.05, 3.63) is 35.5 Å². The summed E-state index contributed by atoms with van der Waals surface area (Å²) in [7, 11) is 0. The topological polar surface area (TPSA) is 135 Å².